The third-order valence-corrected chi connectivity index (χ3v) is 1.22. The molecule has 5 heteroatoms. The van der Waals surface area contributed by atoms with Crippen LogP contribution in [0, 0.1) is 0 Å². The number of carboxylic acid groups (broad SMARTS) is 1. The first-order valence-corrected chi connectivity index (χ1v) is 3.27. The van der Waals surface area contributed by atoms with Gasteiger partial charge in [-0.1, -0.05) is 18.2 Å². The van der Waals surface area contributed by atoms with Crippen molar-refractivity contribution in [3.05, 3.63) is 30.3 Å². The van der Waals surface area contributed by atoms with E-state index in [0.717, 1.165) is 0 Å². The molecule has 0 bridgehead atoms. The first-order valence-electron chi connectivity index (χ1n) is 3.27. The summed E-state index contributed by atoms with van der Waals surface area (Å²) < 4.78 is 0. The van der Waals surface area contributed by atoms with Crippen LogP contribution in [0.5, 0.6) is 0 Å². The first kappa shape index (κ1) is 12.8. The fourth-order valence-corrected chi connectivity index (χ4v) is 0.704. The van der Waals surface area contributed by atoms with Gasteiger partial charge in [0.25, 0.3) is 5.91 Å². The fraction of sp³-hybridized carbons (Fsp3) is 0. The molecule has 13 heavy (non-hydrogen) atoms. The number of hydrogen-bond donors (Lipinski definition) is 1. The van der Waals surface area contributed by atoms with Crippen molar-refractivity contribution in [2.45, 2.75) is 0 Å². The largest absolute Gasteiger partial charge is 1.00 e. The minimum absolute atomic E-state index is 0. The first-order chi connectivity index (χ1) is 5.70. The van der Waals surface area contributed by atoms with Gasteiger partial charge in [0.15, 0.2) is 0 Å². The molecule has 62 valence electrons. The topological polar surface area (TPSA) is 69.2 Å². The summed E-state index contributed by atoms with van der Waals surface area (Å²) in [5, 5.41) is 12.1. The summed E-state index contributed by atoms with van der Waals surface area (Å²) in [6.07, 6.45) is 0. The van der Waals surface area contributed by atoms with E-state index in [9.17, 15) is 14.7 Å². The molecule has 0 saturated carbocycles. The quantitative estimate of drug-likeness (QED) is 0.378. The van der Waals surface area contributed by atoms with Crippen molar-refractivity contribution in [1.29, 1.82) is 0 Å². The van der Waals surface area contributed by atoms with Gasteiger partial charge in [0.2, 0.25) is 0 Å². The van der Waals surface area contributed by atoms with E-state index >= 15 is 0 Å². The van der Waals surface area contributed by atoms with E-state index in [1.807, 2.05) is 0 Å². The SMILES string of the molecule is O=C([O-])C(=O)Nc1ccccc1.[K+]. The molecule has 1 N–H and O–H groups in total. The van der Waals surface area contributed by atoms with Gasteiger partial charge in [-0.3, -0.25) is 4.79 Å². The van der Waals surface area contributed by atoms with Crippen molar-refractivity contribution < 1.29 is 66.1 Å². The van der Waals surface area contributed by atoms with Crippen LogP contribution in [-0.4, -0.2) is 11.9 Å². The Labute approximate surface area is 118 Å². The van der Waals surface area contributed by atoms with E-state index in [0.29, 0.717) is 5.69 Å². The van der Waals surface area contributed by atoms with Crippen LogP contribution < -0.4 is 61.8 Å². The van der Waals surface area contributed by atoms with Crippen LogP contribution in [0.25, 0.3) is 0 Å². The molecular formula is C8H6KNO3. The molecule has 1 aromatic rings. The zero-order valence-corrected chi connectivity index (χ0v) is 10.2. The van der Waals surface area contributed by atoms with Crippen LogP contribution in [0.3, 0.4) is 0 Å². The van der Waals surface area contributed by atoms with Crippen LogP contribution in [0.1, 0.15) is 0 Å². The Balaban J connectivity index is 0.00000144. The Morgan fingerprint density at radius 1 is 1.15 bits per heavy atom. The van der Waals surface area contributed by atoms with Crippen molar-refractivity contribution in [3.63, 3.8) is 0 Å². The molecule has 0 spiro atoms. The normalized spacial score (nSPS) is 8.31. The number of carbonyl (C=O) groups is 2. The number of para-hydroxylation sites is 1. The van der Waals surface area contributed by atoms with Gasteiger partial charge in [-0.2, -0.15) is 0 Å². The second-order valence-electron chi connectivity index (χ2n) is 2.11. The van der Waals surface area contributed by atoms with Crippen LogP contribution in [0.2, 0.25) is 0 Å². The van der Waals surface area contributed by atoms with E-state index in [2.05, 4.69) is 5.32 Å². The molecule has 4 nitrogen and oxygen atoms in total. The maximum Gasteiger partial charge on any atom is 1.00 e. The molecule has 0 unspecified atom stereocenters. The Morgan fingerprint density at radius 3 is 2.15 bits per heavy atom. The molecule has 0 aliphatic rings. The Morgan fingerprint density at radius 2 is 1.69 bits per heavy atom. The predicted octanol–water partition coefficient (Wildman–Crippen LogP) is -3.62. The van der Waals surface area contributed by atoms with Crippen molar-refractivity contribution in [1.82, 2.24) is 0 Å². The van der Waals surface area contributed by atoms with E-state index in [1.165, 1.54) is 0 Å². The number of aliphatic carboxylic acids is 1. The minimum atomic E-state index is -1.74. The van der Waals surface area contributed by atoms with Crippen LogP contribution in [-0.2, 0) is 9.59 Å². The van der Waals surface area contributed by atoms with Gasteiger partial charge < -0.3 is 15.2 Å². The molecule has 0 aliphatic carbocycles. The van der Waals surface area contributed by atoms with Crippen LogP contribution in [0.15, 0.2) is 30.3 Å². The summed E-state index contributed by atoms with van der Waals surface area (Å²) in [6.45, 7) is 0. The molecular weight excluding hydrogens is 197 g/mol. The summed E-state index contributed by atoms with van der Waals surface area (Å²) in [5.41, 5.74) is 0.437. The molecule has 0 aromatic heterocycles. The Bertz CT molecular complexity index is 300. The van der Waals surface area contributed by atoms with Crippen LogP contribution >= 0.6 is 0 Å². The average molecular weight is 203 g/mol. The number of nitrogens with one attached hydrogen (secondary N) is 1. The van der Waals surface area contributed by atoms with Crippen molar-refractivity contribution >= 4 is 17.6 Å². The standard InChI is InChI=1S/C8H7NO3.K/c10-7(8(11)12)9-6-4-2-1-3-5-6;/h1-5H,(H,9,10)(H,11,12);/q;+1/p-1. The van der Waals surface area contributed by atoms with Gasteiger partial charge in [0.05, 0.1) is 0 Å². The number of carboxylic acids is 1. The molecule has 1 rings (SSSR count). The monoisotopic (exact) mass is 203 g/mol. The number of amides is 1. The Kier molecular flexibility index (Phi) is 6.18. The number of rotatable bonds is 1. The molecule has 0 radical (unpaired) electrons. The maximum atomic E-state index is 10.5. The molecule has 1 aromatic carbocycles. The van der Waals surface area contributed by atoms with Crippen LogP contribution in [0.4, 0.5) is 5.69 Å². The third kappa shape index (κ3) is 4.54. The summed E-state index contributed by atoms with van der Waals surface area (Å²) in [5.74, 6) is -2.87. The fourth-order valence-electron chi connectivity index (χ4n) is 0.704. The second-order valence-corrected chi connectivity index (χ2v) is 2.11. The van der Waals surface area contributed by atoms with E-state index in [1.54, 1.807) is 30.3 Å². The molecule has 0 saturated heterocycles. The van der Waals surface area contributed by atoms with Gasteiger partial charge >= 0.3 is 51.4 Å². The maximum absolute atomic E-state index is 10.5. The van der Waals surface area contributed by atoms with E-state index < -0.39 is 11.9 Å². The summed E-state index contributed by atoms with van der Waals surface area (Å²) in [4.78, 5) is 20.5. The number of anilines is 1. The Hall–Kier alpha value is -0.204. The minimum Gasteiger partial charge on any atom is -0.540 e. The van der Waals surface area contributed by atoms with Gasteiger partial charge in [-0.15, -0.1) is 0 Å². The smallest absolute Gasteiger partial charge is 0.540 e. The van der Waals surface area contributed by atoms with E-state index in [-0.39, 0.29) is 51.4 Å². The van der Waals surface area contributed by atoms with Crippen molar-refractivity contribution in [2.24, 2.45) is 0 Å². The van der Waals surface area contributed by atoms with Gasteiger partial charge in [0.1, 0.15) is 5.97 Å². The number of hydrogen-bond acceptors (Lipinski definition) is 3. The average Bonchev–Trinajstić information content (AvgIpc) is 2.06. The number of carbonyl (C=O) groups excluding carboxylic acids is 2. The molecule has 0 fully saturated rings. The molecule has 0 aliphatic heterocycles. The zero-order valence-electron chi connectivity index (χ0n) is 7.11. The molecule has 0 heterocycles. The van der Waals surface area contributed by atoms with Crippen molar-refractivity contribution in [3.8, 4) is 0 Å². The second kappa shape index (κ2) is 6.28. The summed E-state index contributed by atoms with van der Waals surface area (Å²) in [6, 6.07) is 8.30. The molecule has 0 atom stereocenters. The zero-order chi connectivity index (χ0) is 8.97. The summed E-state index contributed by atoms with van der Waals surface area (Å²) >= 11 is 0. The van der Waals surface area contributed by atoms with E-state index in [4.69, 9.17) is 0 Å². The summed E-state index contributed by atoms with van der Waals surface area (Å²) in [7, 11) is 0. The van der Waals surface area contributed by atoms with Gasteiger partial charge in [-0.25, -0.2) is 0 Å². The molecule has 1 amide bonds. The predicted molar refractivity (Wildman–Crippen MR) is 40.1 cm³/mol. The van der Waals surface area contributed by atoms with Gasteiger partial charge in [0, 0.05) is 5.69 Å². The van der Waals surface area contributed by atoms with Crippen molar-refractivity contribution in [2.75, 3.05) is 5.32 Å². The van der Waals surface area contributed by atoms with Gasteiger partial charge in [-0.05, 0) is 12.1 Å². The number of benzene rings is 1. The third-order valence-electron chi connectivity index (χ3n) is 1.22.